The molecule has 1 aromatic heterocycles. The third-order valence-electron chi connectivity index (χ3n) is 6.90. The maximum atomic E-state index is 13.6. The smallest absolute Gasteiger partial charge is 0.374 e. The van der Waals surface area contributed by atoms with E-state index in [1.807, 2.05) is 0 Å². The van der Waals surface area contributed by atoms with Crippen molar-refractivity contribution in [1.29, 1.82) is 0 Å². The van der Waals surface area contributed by atoms with Crippen molar-refractivity contribution >= 4 is 5.91 Å². The van der Waals surface area contributed by atoms with E-state index in [4.69, 9.17) is 0 Å². The van der Waals surface area contributed by atoms with Crippen molar-refractivity contribution in [2.75, 3.05) is 6.54 Å². The first-order valence-electron chi connectivity index (χ1n) is 9.64. The molecular weight excluding hydrogens is 359 g/mol. The zero-order chi connectivity index (χ0) is 19.4. The van der Waals surface area contributed by atoms with Gasteiger partial charge in [-0.3, -0.25) is 4.79 Å². The summed E-state index contributed by atoms with van der Waals surface area (Å²) in [5.74, 6) is 0.752. The number of alkyl halides is 3. The number of hydrogen-bond acceptors (Lipinski definition) is 3. The zero-order valence-corrected chi connectivity index (χ0v) is 15.4. The van der Waals surface area contributed by atoms with Crippen molar-refractivity contribution < 1.29 is 23.1 Å². The van der Waals surface area contributed by atoms with Gasteiger partial charge >= 0.3 is 6.18 Å². The minimum Gasteiger partial charge on any atom is -0.374 e. The van der Waals surface area contributed by atoms with Crippen molar-refractivity contribution in [1.82, 2.24) is 14.9 Å². The largest absolute Gasteiger partial charge is 0.425 e. The number of rotatable bonds is 5. The van der Waals surface area contributed by atoms with Crippen LogP contribution >= 0.6 is 0 Å². The van der Waals surface area contributed by atoms with Crippen molar-refractivity contribution in [2.24, 2.45) is 30.2 Å². The van der Waals surface area contributed by atoms with Gasteiger partial charge in [0.1, 0.15) is 0 Å². The van der Waals surface area contributed by atoms with Crippen LogP contribution in [0.3, 0.4) is 0 Å². The monoisotopic (exact) mass is 385 g/mol. The Morgan fingerprint density at radius 1 is 1.26 bits per heavy atom. The molecule has 1 aromatic rings. The first-order chi connectivity index (χ1) is 12.6. The van der Waals surface area contributed by atoms with E-state index in [-0.39, 0.29) is 5.41 Å². The van der Waals surface area contributed by atoms with Gasteiger partial charge in [-0.15, -0.1) is 0 Å². The molecule has 8 heteroatoms. The van der Waals surface area contributed by atoms with E-state index >= 15 is 0 Å². The Hall–Kier alpha value is -1.57. The van der Waals surface area contributed by atoms with Gasteiger partial charge in [-0.1, -0.05) is 0 Å². The lowest BCUT2D eigenvalue weighted by Crippen LogP contribution is -2.52. The quantitative estimate of drug-likeness (QED) is 0.819. The minimum atomic E-state index is -5.00. The SMILES string of the molecule is Cn1ccnc1C(O)(CC(=O)NCC12CC3CC(CC(C3)C1)C2)C(F)(F)F. The van der Waals surface area contributed by atoms with Crippen LogP contribution < -0.4 is 5.32 Å². The second-order valence-electron chi connectivity index (χ2n) is 9.09. The zero-order valence-electron chi connectivity index (χ0n) is 15.4. The molecule has 2 N–H and O–H groups in total. The number of aliphatic hydroxyl groups is 1. The van der Waals surface area contributed by atoms with Gasteiger partial charge in [0.05, 0.1) is 6.42 Å². The summed E-state index contributed by atoms with van der Waals surface area (Å²) in [6.45, 7) is 0.407. The summed E-state index contributed by atoms with van der Waals surface area (Å²) in [4.78, 5) is 16.0. The van der Waals surface area contributed by atoms with Gasteiger partial charge < -0.3 is 15.0 Å². The molecule has 5 rings (SSSR count). The molecule has 4 aliphatic carbocycles. The van der Waals surface area contributed by atoms with Crippen molar-refractivity contribution in [3.63, 3.8) is 0 Å². The van der Waals surface area contributed by atoms with E-state index in [9.17, 15) is 23.1 Å². The molecule has 0 saturated heterocycles. The number of amides is 1. The number of carbonyl (C=O) groups is 1. The van der Waals surface area contributed by atoms with Crippen LogP contribution in [0, 0.1) is 23.2 Å². The highest BCUT2D eigenvalue weighted by molar-refractivity contribution is 5.77. The molecule has 5 nitrogen and oxygen atoms in total. The second kappa shape index (κ2) is 6.22. The molecule has 4 saturated carbocycles. The lowest BCUT2D eigenvalue weighted by Gasteiger charge is -2.57. The lowest BCUT2D eigenvalue weighted by molar-refractivity contribution is -0.271. The van der Waals surface area contributed by atoms with E-state index in [2.05, 4.69) is 10.3 Å². The number of imidazole rings is 1. The van der Waals surface area contributed by atoms with Crippen LogP contribution in [0.2, 0.25) is 0 Å². The third-order valence-corrected chi connectivity index (χ3v) is 6.90. The molecule has 0 aliphatic heterocycles. The van der Waals surface area contributed by atoms with Crippen LogP contribution in [0.1, 0.15) is 50.8 Å². The molecule has 0 radical (unpaired) electrons. The summed E-state index contributed by atoms with van der Waals surface area (Å²) in [5, 5.41) is 13.1. The maximum Gasteiger partial charge on any atom is 0.425 e. The molecule has 27 heavy (non-hydrogen) atoms. The number of hydrogen-bond donors (Lipinski definition) is 2. The highest BCUT2D eigenvalue weighted by Crippen LogP contribution is 2.59. The van der Waals surface area contributed by atoms with E-state index < -0.39 is 29.9 Å². The number of halogens is 3. The summed E-state index contributed by atoms with van der Waals surface area (Å²) in [7, 11) is 1.37. The third kappa shape index (κ3) is 3.26. The average molecular weight is 385 g/mol. The number of carbonyl (C=O) groups excluding carboxylic acids is 1. The van der Waals surface area contributed by atoms with E-state index in [0.29, 0.717) is 24.3 Å². The van der Waals surface area contributed by atoms with Crippen molar-refractivity contribution in [3.05, 3.63) is 18.2 Å². The van der Waals surface area contributed by atoms with Crippen molar-refractivity contribution in [3.8, 4) is 0 Å². The van der Waals surface area contributed by atoms with Crippen LogP contribution in [-0.2, 0) is 17.4 Å². The van der Waals surface area contributed by atoms with Gasteiger partial charge in [-0.05, 0) is 61.7 Å². The molecule has 1 amide bonds. The molecule has 1 unspecified atom stereocenters. The van der Waals surface area contributed by atoms with Gasteiger partial charge in [0.2, 0.25) is 11.5 Å². The van der Waals surface area contributed by atoms with E-state index in [1.165, 1.54) is 38.7 Å². The predicted octanol–water partition coefficient (Wildman–Crippen LogP) is 2.89. The van der Waals surface area contributed by atoms with E-state index in [1.54, 1.807) is 0 Å². The maximum absolute atomic E-state index is 13.6. The Kier molecular flexibility index (Phi) is 4.33. The molecule has 0 spiro atoms. The topological polar surface area (TPSA) is 67.1 Å². The first-order valence-corrected chi connectivity index (χ1v) is 9.64. The number of aromatic nitrogens is 2. The summed E-state index contributed by atoms with van der Waals surface area (Å²) in [6.07, 6.45) is 3.39. The minimum absolute atomic E-state index is 0.0317. The summed E-state index contributed by atoms with van der Waals surface area (Å²) in [5.41, 5.74) is -3.26. The molecule has 4 fully saturated rings. The van der Waals surface area contributed by atoms with Crippen LogP contribution in [0.25, 0.3) is 0 Å². The van der Waals surface area contributed by atoms with Crippen molar-refractivity contribution in [2.45, 2.75) is 56.7 Å². The van der Waals surface area contributed by atoms with Crippen LogP contribution in [0.15, 0.2) is 12.4 Å². The lowest BCUT2D eigenvalue weighted by atomic mass is 9.49. The molecule has 0 aromatic carbocycles. The Balaban J connectivity index is 1.44. The standard InChI is InChI=1S/C19H26F3N3O2/c1-25-3-2-23-16(25)18(27,19(20,21)22)10-15(26)24-11-17-7-12-4-13(8-17)6-14(5-12)9-17/h2-3,12-14,27H,4-11H2,1H3,(H,24,26). The Morgan fingerprint density at radius 3 is 2.26 bits per heavy atom. The molecular formula is C19H26F3N3O2. The van der Waals surface area contributed by atoms with Gasteiger partial charge in [-0.25, -0.2) is 4.98 Å². The number of nitrogens with one attached hydrogen (secondary N) is 1. The summed E-state index contributed by atoms with van der Waals surface area (Å²) in [6, 6.07) is 0. The Morgan fingerprint density at radius 2 is 1.81 bits per heavy atom. The summed E-state index contributed by atoms with van der Waals surface area (Å²) >= 11 is 0. The fourth-order valence-corrected chi connectivity index (χ4v) is 6.16. The molecule has 4 bridgehead atoms. The molecule has 150 valence electrons. The van der Waals surface area contributed by atoms with Gasteiger partial charge in [0.15, 0.2) is 5.82 Å². The van der Waals surface area contributed by atoms with Gasteiger partial charge in [-0.2, -0.15) is 13.2 Å². The molecule has 1 atom stereocenters. The Labute approximate surface area is 156 Å². The average Bonchev–Trinajstić information content (AvgIpc) is 2.97. The normalized spacial score (nSPS) is 34.5. The van der Waals surface area contributed by atoms with Crippen LogP contribution in [0.5, 0.6) is 0 Å². The fraction of sp³-hybridized carbons (Fsp3) is 0.789. The number of nitrogens with zero attached hydrogens (tertiary/aromatic N) is 2. The molecule has 4 aliphatic rings. The van der Waals surface area contributed by atoms with Gasteiger partial charge in [0.25, 0.3) is 0 Å². The Bertz CT molecular complexity index is 695. The molecule has 1 heterocycles. The number of aryl methyl sites for hydroxylation is 1. The second-order valence-corrected chi connectivity index (χ2v) is 9.09. The fourth-order valence-electron chi connectivity index (χ4n) is 6.16. The van der Waals surface area contributed by atoms with E-state index in [0.717, 1.165) is 23.8 Å². The first kappa shape index (κ1) is 18.8. The highest BCUT2D eigenvalue weighted by Gasteiger charge is 2.59. The highest BCUT2D eigenvalue weighted by atomic mass is 19.4. The van der Waals surface area contributed by atoms with Gasteiger partial charge in [0, 0.05) is 26.0 Å². The van der Waals surface area contributed by atoms with Crippen LogP contribution in [-0.4, -0.2) is 33.3 Å². The predicted molar refractivity (Wildman–Crippen MR) is 91.4 cm³/mol. The van der Waals surface area contributed by atoms with Crippen LogP contribution in [0.4, 0.5) is 13.2 Å². The summed E-state index contributed by atoms with van der Waals surface area (Å²) < 4.78 is 41.8.